The van der Waals surface area contributed by atoms with E-state index in [1.165, 1.54) is 43.7 Å². The zero-order valence-electron chi connectivity index (χ0n) is 21.1. The lowest BCUT2D eigenvalue weighted by atomic mass is 10.1. The molecule has 0 bridgehead atoms. The summed E-state index contributed by atoms with van der Waals surface area (Å²) in [6.07, 6.45) is 1.30. The Hall–Kier alpha value is -4.49. The number of nitrogens with one attached hydrogen (secondary N) is 1. The van der Waals surface area contributed by atoms with E-state index >= 15 is 0 Å². The summed E-state index contributed by atoms with van der Waals surface area (Å²) in [5.41, 5.74) is 3.51. The Labute approximate surface area is 225 Å². The Balaban J connectivity index is 1.59. The number of para-hydroxylation sites is 2. The lowest BCUT2D eigenvalue weighted by molar-refractivity contribution is -0.384. The maximum absolute atomic E-state index is 13.5. The number of ether oxygens (including phenoxy) is 2. The zero-order valence-corrected chi connectivity index (χ0v) is 21.9. The van der Waals surface area contributed by atoms with Gasteiger partial charge in [-0.05, 0) is 30.3 Å². The molecule has 0 unspecified atom stereocenters. The summed E-state index contributed by atoms with van der Waals surface area (Å²) < 4.78 is 38.7. The first-order chi connectivity index (χ1) is 18.8. The van der Waals surface area contributed by atoms with Crippen molar-refractivity contribution in [3.05, 3.63) is 88.5 Å². The summed E-state index contributed by atoms with van der Waals surface area (Å²) in [6, 6.07) is 18.6. The molecule has 12 nitrogen and oxygen atoms in total. The average Bonchev–Trinajstić information content (AvgIpc) is 2.96. The summed E-state index contributed by atoms with van der Waals surface area (Å²) >= 11 is 0. The minimum Gasteiger partial charge on any atom is -0.495 e. The van der Waals surface area contributed by atoms with E-state index in [0.29, 0.717) is 37.6 Å². The Bertz CT molecular complexity index is 1460. The molecule has 1 amide bonds. The van der Waals surface area contributed by atoms with Gasteiger partial charge in [-0.2, -0.15) is 5.10 Å². The molecule has 0 aromatic heterocycles. The summed E-state index contributed by atoms with van der Waals surface area (Å²) in [5, 5.41) is 15.3. The van der Waals surface area contributed by atoms with Gasteiger partial charge < -0.3 is 14.4 Å². The highest BCUT2D eigenvalue weighted by molar-refractivity contribution is 7.92. The van der Waals surface area contributed by atoms with Crippen LogP contribution in [0.1, 0.15) is 5.56 Å². The molecular formula is C26H27N5O7S. The topological polar surface area (TPSA) is 144 Å². The number of non-ortho nitro benzene ring substituents is 1. The first kappa shape index (κ1) is 27.5. The fourth-order valence-corrected chi connectivity index (χ4v) is 5.50. The van der Waals surface area contributed by atoms with Crippen LogP contribution >= 0.6 is 0 Å². The third-order valence-electron chi connectivity index (χ3n) is 5.94. The molecule has 13 heteroatoms. The molecule has 3 aromatic rings. The van der Waals surface area contributed by atoms with Crippen molar-refractivity contribution in [2.45, 2.75) is 4.90 Å². The number of rotatable bonds is 10. The molecule has 39 heavy (non-hydrogen) atoms. The van der Waals surface area contributed by atoms with Crippen LogP contribution in [0.5, 0.6) is 5.75 Å². The van der Waals surface area contributed by atoms with E-state index in [9.17, 15) is 23.3 Å². The fourth-order valence-electron chi connectivity index (χ4n) is 4.05. The second kappa shape index (κ2) is 12.4. The van der Waals surface area contributed by atoms with E-state index < -0.39 is 27.4 Å². The third-order valence-corrected chi connectivity index (χ3v) is 7.71. The van der Waals surface area contributed by atoms with Gasteiger partial charge in [0, 0.05) is 36.5 Å². The lowest BCUT2D eigenvalue weighted by Gasteiger charge is -2.29. The fraction of sp³-hybridized carbons (Fsp3) is 0.231. The number of anilines is 2. The van der Waals surface area contributed by atoms with Crippen LogP contribution in [0.2, 0.25) is 0 Å². The van der Waals surface area contributed by atoms with Gasteiger partial charge in [0.05, 0.1) is 42.0 Å². The van der Waals surface area contributed by atoms with Crippen molar-refractivity contribution in [3.63, 3.8) is 0 Å². The van der Waals surface area contributed by atoms with Crippen molar-refractivity contribution < 1.29 is 27.6 Å². The Kier molecular flexibility index (Phi) is 8.74. The summed E-state index contributed by atoms with van der Waals surface area (Å²) in [7, 11) is -2.74. The van der Waals surface area contributed by atoms with E-state index in [0.717, 1.165) is 4.31 Å². The maximum atomic E-state index is 13.5. The van der Waals surface area contributed by atoms with Crippen LogP contribution in [0.15, 0.2) is 82.8 Å². The van der Waals surface area contributed by atoms with Gasteiger partial charge in [-0.25, -0.2) is 13.8 Å². The van der Waals surface area contributed by atoms with Crippen molar-refractivity contribution in [3.8, 4) is 5.75 Å². The number of benzene rings is 3. The van der Waals surface area contributed by atoms with E-state index in [-0.39, 0.29) is 22.0 Å². The zero-order chi connectivity index (χ0) is 27.8. The Morgan fingerprint density at radius 2 is 1.82 bits per heavy atom. The molecule has 0 aliphatic carbocycles. The number of methoxy groups -OCH3 is 1. The van der Waals surface area contributed by atoms with Crippen molar-refractivity contribution in [2.75, 3.05) is 49.2 Å². The molecule has 1 aliphatic heterocycles. The van der Waals surface area contributed by atoms with Crippen molar-refractivity contribution >= 4 is 39.2 Å². The minimum atomic E-state index is -4.15. The number of carbonyl (C=O) groups is 1. The van der Waals surface area contributed by atoms with E-state index in [1.807, 2.05) is 4.90 Å². The summed E-state index contributed by atoms with van der Waals surface area (Å²) in [6.45, 7) is 1.62. The number of nitrogens with zero attached hydrogens (tertiary/aromatic N) is 4. The molecule has 3 aromatic carbocycles. The average molecular weight is 554 g/mol. The third kappa shape index (κ3) is 6.51. The molecular weight excluding hydrogens is 526 g/mol. The quantitative estimate of drug-likeness (QED) is 0.229. The van der Waals surface area contributed by atoms with Gasteiger partial charge in [0.2, 0.25) is 0 Å². The molecule has 4 rings (SSSR count). The Morgan fingerprint density at radius 3 is 2.51 bits per heavy atom. The van der Waals surface area contributed by atoms with Crippen molar-refractivity contribution in [1.29, 1.82) is 0 Å². The second-order valence-electron chi connectivity index (χ2n) is 8.39. The normalized spacial score (nSPS) is 13.7. The number of hydrazone groups is 1. The van der Waals surface area contributed by atoms with Gasteiger partial charge in [-0.1, -0.05) is 30.3 Å². The number of nitro groups is 1. The highest BCUT2D eigenvalue weighted by Gasteiger charge is 2.29. The van der Waals surface area contributed by atoms with Crippen molar-refractivity contribution in [1.82, 2.24) is 5.43 Å². The molecule has 1 fully saturated rings. The van der Waals surface area contributed by atoms with Gasteiger partial charge in [-0.15, -0.1) is 0 Å². The van der Waals surface area contributed by atoms with Crippen LogP contribution in [-0.2, 0) is 19.6 Å². The summed E-state index contributed by atoms with van der Waals surface area (Å²) in [5.74, 6) is -0.463. The molecule has 0 spiro atoms. The van der Waals surface area contributed by atoms with Crippen molar-refractivity contribution in [2.24, 2.45) is 5.10 Å². The number of hydrogen-bond acceptors (Lipinski definition) is 9. The molecule has 1 N–H and O–H groups in total. The first-order valence-corrected chi connectivity index (χ1v) is 13.4. The van der Waals surface area contributed by atoms with E-state index in [4.69, 9.17) is 9.47 Å². The molecule has 0 radical (unpaired) electrons. The van der Waals surface area contributed by atoms with Crippen LogP contribution in [0.4, 0.5) is 17.1 Å². The number of sulfonamides is 1. The molecule has 1 saturated heterocycles. The highest BCUT2D eigenvalue weighted by atomic mass is 32.2. The standard InChI is InChI=1S/C26H27N5O7S/c1-37-25-10-6-5-9-24(25)30(39(35,36)22-7-3-2-4-8-22)19-26(32)28-27-18-20-17-21(31(33)34)11-12-23(20)29-13-15-38-16-14-29/h2-12,17-18H,13-16,19H2,1H3,(H,28,32)/b27-18-. The number of amides is 1. The smallest absolute Gasteiger partial charge is 0.270 e. The monoisotopic (exact) mass is 553 g/mol. The first-order valence-electron chi connectivity index (χ1n) is 11.9. The molecule has 0 atom stereocenters. The Morgan fingerprint density at radius 1 is 1.13 bits per heavy atom. The maximum Gasteiger partial charge on any atom is 0.270 e. The van der Waals surface area contributed by atoms with Crippen LogP contribution < -0.4 is 19.4 Å². The van der Waals surface area contributed by atoms with Gasteiger partial charge in [0.1, 0.15) is 12.3 Å². The number of carbonyl (C=O) groups excluding carboxylic acids is 1. The van der Waals surface area contributed by atoms with Gasteiger partial charge in [-0.3, -0.25) is 19.2 Å². The van der Waals surface area contributed by atoms with Crippen LogP contribution in [0, 0.1) is 10.1 Å². The molecule has 204 valence electrons. The lowest BCUT2D eigenvalue weighted by Crippen LogP contribution is -2.39. The number of nitro benzene ring substituents is 1. The van der Waals surface area contributed by atoms with Gasteiger partial charge >= 0.3 is 0 Å². The summed E-state index contributed by atoms with van der Waals surface area (Å²) in [4.78, 5) is 25.8. The highest BCUT2D eigenvalue weighted by Crippen LogP contribution is 2.32. The van der Waals surface area contributed by atoms with Crippen LogP contribution in [0.25, 0.3) is 0 Å². The van der Waals surface area contributed by atoms with E-state index in [1.54, 1.807) is 42.5 Å². The second-order valence-corrected chi connectivity index (χ2v) is 10.3. The molecule has 1 heterocycles. The largest absolute Gasteiger partial charge is 0.495 e. The van der Waals surface area contributed by atoms with Gasteiger partial charge in [0.25, 0.3) is 21.6 Å². The van der Waals surface area contributed by atoms with Gasteiger partial charge in [0.15, 0.2) is 0 Å². The molecule has 1 aliphatic rings. The van der Waals surface area contributed by atoms with Crippen LogP contribution in [0.3, 0.4) is 0 Å². The number of hydrogen-bond donors (Lipinski definition) is 1. The van der Waals surface area contributed by atoms with Crippen LogP contribution in [-0.4, -0.2) is 65.4 Å². The number of morpholine rings is 1. The minimum absolute atomic E-state index is 0.000967. The van der Waals surface area contributed by atoms with E-state index in [2.05, 4.69) is 10.5 Å². The SMILES string of the molecule is COc1ccccc1N(CC(=O)N/N=C\c1cc([N+](=O)[O-])ccc1N1CCOCC1)S(=O)(=O)c1ccccc1. The molecule has 0 saturated carbocycles. The predicted molar refractivity (Wildman–Crippen MR) is 146 cm³/mol. The predicted octanol–water partition coefficient (Wildman–Crippen LogP) is 2.79.